The molecule has 0 amide bonds. The van der Waals surface area contributed by atoms with Gasteiger partial charge >= 0.3 is 0 Å². The Balaban J connectivity index is 2.18. The van der Waals surface area contributed by atoms with E-state index >= 15 is 0 Å². The maximum atomic E-state index is 13.0. The van der Waals surface area contributed by atoms with Crippen LogP contribution in [0.5, 0.6) is 0 Å². The van der Waals surface area contributed by atoms with E-state index in [9.17, 15) is 4.39 Å². The Kier molecular flexibility index (Phi) is 4.02. The molecule has 0 saturated carbocycles. The molecule has 2 rings (SSSR count). The molecule has 0 fully saturated rings. The predicted molar refractivity (Wildman–Crippen MR) is 77.3 cm³/mol. The predicted octanol–water partition coefficient (Wildman–Crippen LogP) is 5.07. The number of rotatable bonds is 3. The zero-order valence-corrected chi connectivity index (χ0v) is 12.0. The molecule has 1 unspecified atom stereocenters. The van der Waals surface area contributed by atoms with Crippen LogP contribution in [0.1, 0.15) is 24.1 Å². The molecule has 0 spiro atoms. The lowest BCUT2D eigenvalue weighted by Gasteiger charge is -2.17. The summed E-state index contributed by atoms with van der Waals surface area (Å²) in [4.78, 5) is 0. The molecular formula is C15H15BrFN. The summed E-state index contributed by atoms with van der Waals surface area (Å²) < 4.78 is 14.1. The average molecular weight is 308 g/mol. The van der Waals surface area contributed by atoms with Crippen LogP contribution in [0.2, 0.25) is 0 Å². The Morgan fingerprint density at radius 1 is 1.17 bits per heavy atom. The Labute approximate surface area is 115 Å². The first-order valence-electron chi connectivity index (χ1n) is 5.84. The van der Waals surface area contributed by atoms with Gasteiger partial charge in [0.2, 0.25) is 0 Å². The summed E-state index contributed by atoms with van der Waals surface area (Å²) in [5.41, 5.74) is 3.06. The highest BCUT2D eigenvalue weighted by Crippen LogP contribution is 2.24. The van der Waals surface area contributed by atoms with Gasteiger partial charge in [0, 0.05) is 16.2 Å². The van der Waals surface area contributed by atoms with Crippen LogP contribution < -0.4 is 5.32 Å². The van der Waals surface area contributed by atoms with Gasteiger partial charge in [-0.15, -0.1) is 0 Å². The van der Waals surface area contributed by atoms with Crippen molar-refractivity contribution in [1.82, 2.24) is 0 Å². The van der Waals surface area contributed by atoms with Gasteiger partial charge in [-0.25, -0.2) is 4.39 Å². The van der Waals surface area contributed by atoms with Crippen LogP contribution >= 0.6 is 15.9 Å². The molecule has 1 atom stereocenters. The molecule has 1 N–H and O–H groups in total. The number of hydrogen-bond acceptors (Lipinski definition) is 1. The second-order valence-electron chi connectivity index (χ2n) is 4.38. The Bertz CT molecular complexity index is 554. The molecule has 0 aromatic heterocycles. The van der Waals surface area contributed by atoms with Crippen molar-refractivity contribution in [2.45, 2.75) is 19.9 Å². The maximum absolute atomic E-state index is 13.0. The summed E-state index contributed by atoms with van der Waals surface area (Å²) in [6.45, 7) is 3.99. The van der Waals surface area contributed by atoms with Crippen LogP contribution in [0.3, 0.4) is 0 Å². The normalized spacial score (nSPS) is 12.2. The minimum Gasteiger partial charge on any atom is -0.378 e. The standard InChI is InChI=1S/C15H15BrFN/c1-10-8-14(17)6-7-15(10)18-11(2)12-4-3-5-13(16)9-12/h3-9,11,18H,1-2H3. The number of aryl methyl sites for hydroxylation is 1. The quantitative estimate of drug-likeness (QED) is 0.834. The fourth-order valence-electron chi connectivity index (χ4n) is 1.88. The van der Waals surface area contributed by atoms with Gasteiger partial charge in [0.1, 0.15) is 5.82 Å². The van der Waals surface area contributed by atoms with E-state index < -0.39 is 0 Å². The topological polar surface area (TPSA) is 12.0 Å². The van der Waals surface area contributed by atoms with Gasteiger partial charge < -0.3 is 5.32 Å². The van der Waals surface area contributed by atoms with Crippen LogP contribution in [-0.4, -0.2) is 0 Å². The van der Waals surface area contributed by atoms with Gasteiger partial charge in [-0.3, -0.25) is 0 Å². The SMILES string of the molecule is Cc1cc(F)ccc1NC(C)c1cccc(Br)c1. The summed E-state index contributed by atoms with van der Waals surface area (Å²) in [5, 5.41) is 3.39. The van der Waals surface area contributed by atoms with E-state index in [0.29, 0.717) is 0 Å². The zero-order valence-electron chi connectivity index (χ0n) is 10.4. The lowest BCUT2D eigenvalue weighted by atomic mass is 10.1. The molecule has 0 aliphatic carbocycles. The second-order valence-corrected chi connectivity index (χ2v) is 5.30. The summed E-state index contributed by atoms with van der Waals surface area (Å²) in [5.74, 6) is -0.201. The van der Waals surface area contributed by atoms with Gasteiger partial charge in [-0.1, -0.05) is 28.1 Å². The number of halogens is 2. The van der Waals surface area contributed by atoms with Crippen molar-refractivity contribution in [3.05, 3.63) is 63.9 Å². The van der Waals surface area contributed by atoms with E-state index in [1.165, 1.54) is 17.7 Å². The highest BCUT2D eigenvalue weighted by Gasteiger charge is 2.07. The van der Waals surface area contributed by atoms with Gasteiger partial charge in [0.25, 0.3) is 0 Å². The van der Waals surface area contributed by atoms with E-state index in [-0.39, 0.29) is 11.9 Å². The fourth-order valence-corrected chi connectivity index (χ4v) is 2.30. The van der Waals surface area contributed by atoms with Crippen molar-refractivity contribution in [2.75, 3.05) is 5.32 Å². The Hall–Kier alpha value is -1.35. The number of hydrogen-bond donors (Lipinski definition) is 1. The number of anilines is 1. The first-order chi connectivity index (χ1) is 8.56. The van der Waals surface area contributed by atoms with Crippen molar-refractivity contribution in [2.24, 2.45) is 0 Å². The van der Waals surface area contributed by atoms with Gasteiger partial charge in [0.15, 0.2) is 0 Å². The van der Waals surface area contributed by atoms with Gasteiger partial charge in [-0.2, -0.15) is 0 Å². The molecule has 18 heavy (non-hydrogen) atoms. The summed E-state index contributed by atoms with van der Waals surface area (Å²) in [6.07, 6.45) is 0. The van der Waals surface area contributed by atoms with Gasteiger partial charge in [-0.05, 0) is 55.3 Å². The first kappa shape index (κ1) is 13.1. The van der Waals surface area contributed by atoms with Crippen LogP contribution in [0, 0.1) is 12.7 Å². The summed E-state index contributed by atoms with van der Waals surface area (Å²) in [6, 6.07) is 13.1. The second kappa shape index (κ2) is 5.53. The van der Waals surface area contributed by atoms with Gasteiger partial charge in [0.05, 0.1) is 0 Å². The van der Waals surface area contributed by atoms with E-state index in [1.54, 1.807) is 6.07 Å². The molecule has 0 bridgehead atoms. The average Bonchev–Trinajstić information content (AvgIpc) is 2.32. The van der Waals surface area contributed by atoms with Crippen molar-refractivity contribution >= 4 is 21.6 Å². The van der Waals surface area contributed by atoms with Crippen molar-refractivity contribution in [3.63, 3.8) is 0 Å². The molecule has 0 radical (unpaired) electrons. The molecule has 94 valence electrons. The van der Waals surface area contributed by atoms with E-state index in [0.717, 1.165) is 15.7 Å². The van der Waals surface area contributed by atoms with E-state index in [4.69, 9.17) is 0 Å². The van der Waals surface area contributed by atoms with Crippen LogP contribution in [-0.2, 0) is 0 Å². The first-order valence-corrected chi connectivity index (χ1v) is 6.64. The lowest BCUT2D eigenvalue weighted by molar-refractivity contribution is 0.626. The minimum absolute atomic E-state index is 0.173. The highest BCUT2D eigenvalue weighted by atomic mass is 79.9. The molecule has 2 aromatic carbocycles. The largest absolute Gasteiger partial charge is 0.378 e. The monoisotopic (exact) mass is 307 g/mol. The molecule has 3 heteroatoms. The zero-order chi connectivity index (χ0) is 13.1. The van der Waals surface area contributed by atoms with Crippen molar-refractivity contribution < 1.29 is 4.39 Å². The fraction of sp³-hybridized carbons (Fsp3) is 0.200. The third kappa shape index (κ3) is 3.10. The third-order valence-corrected chi connectivity index (χ3v) is 3.40. The van der Waals surface area contributed by atoms with Crippen molar-refractivity contribution in [3.8, 4) is 0 Å². The molecule has 0 saturated heterocycles. The lowest BCUT2D eigenvalue weighted by Crippen LogP contribution is -2.07. The van der Waals surface area contributed by atoms with E-state index in [1.807, 2.05) is 19.1 Å². The minimum atomic E-state index is -0.201. The van der Waals surface area contributed by atoms with Crippen LogP contribution in [0.4, 0.5) is 10.1 Å². The molecular weight excluding hydrogens is 293 g/mol. The summed E-state index contributed by atoms with van der Waals surface area (Å²) in [7, 11) is 0. The van der Waals surface area contributed by atoms with Crippen LogP contribution in [0.15, 0.2) is 46.9 Å². The van der Waals surface area contributed by atoms with E-state index in [2.05, 4.69) is 40.3 Å². The smallest absolute Gasteiger partial charge is 0.123 e. The maximum Gasteiger partial charge on any atom is 0.123 e. The number of benzene rings is 2. The molecule has 2 aromatic rings. The third-order valence-electron chi connectivity index (χ3n) is 2.91. The Morgan fingerprint density at radius 2 is 1.94 bits per heavy atom. The van der Waals surface area contributed by atoms with Crippen molar-refractivity contribution in [1.29, 1.82) is 0 Å². The highest BCUT2D eigenvalue weighted by molar-refractivity contribution is 9.10. The summed E-state index contributed by atoms with van der Waals surface area (Å²) >= 11 is 3.46. The Morgan fingerprint density at radius 3 is 2.61 bits per heavy atom. The molecule has 0 heterocycles. The molecule has 0 aliphatic rings. The molecule has 0 aliphatic heterocycles. The number of nitrogens with one attached hydrogen (secondary N) is 1. The van der Waals surface area contributed by atoms with Crippen LogP contribution in [0.25, 0.3) is 0 Å². The molecule has 1 nitrogen and oxygen atoms in total.